The maximum Gasteiger partial charge on any atom is 0.296 e. The molecule has 5 heteroatoms. The number of hydrogen-bond donors (Lipinski definition) is 1. The van der Waals surface area contributed by atoms with Gasteiger partial charge in [-0.15, -0.1) is 0 Å². The summed E-state index contributed by atoms with van der Waals surface area (Å²) >= 11 is 0. The molecule has 18 heavy (non-hydrogen) atoms. The molecule has 0 unspecified atom stereocenters. The summed E-state index contributed by atoms with van der Waals surface area (Å²) in [7, 11) is 0. The Labute approximate surface area is 104 Å². The van der Waals surface area contributed by atoms with Gasteiger partial charge in [0.1, 0.15) is 0 Å². The first-order chi connectivity index (χ1) is 8.66. The number of aromatic nitrogens is 1. The van der Waals surface area contributed by atoms with Crippen molar-refractivity contribution in [1.82, 2.24) is 5.16 Å². The smallest absolute Gasteiger partial charge is 0.296 e. The Morgan fingerprint density at radius 3 is 3.06 bits per heavy atom. The Balaban J connectivity index is 1.97. The molecule has 0 radical (unpaired) electrons. The lowest BCUT2D eigenvalue weighted by molar-refractivity contribution is 0.0954. The summed E-state index contributed by atoms with van der Waals surface area (Å²) in [4.78, 5) is 14.0. The van der Waals surface area contributed by atoms with Crippen LogP contribution in [0.15, 0.2) is 28.8 Å². The van der Waals surface area contributed by atoms with Gasteiger partial charge in [-0.05, 0) is 25.5 Å². The fourth-order valence-electron chi connectivity index (χ4n) is 2.27. The third-order valence-electron chi connectivity index (χ3n) is 3.15. The number of carbonyl (C=O) groups is 1. The number of fused-ring (bicyclic) bond motifs is 1. The number of nitrogen functional groups attached to an aromatic ring is 1. The van der Waals surface area contributed by atoms with Crippen LogP contribution in [0.1, 0.15) is 21.8 Å². The zero-order chi connectivity index (χ0) is 12.7. The first kappa shape index (κ1) is 10.8. The molecule has 0 atom stereocenters. The molecular weight excluding hydrogens is 230 g/mol. The first-order valence-electron chi connectivity index (χ1n) is 5.79. The number of hydrogen-bond acceptors (Lipinski definition) is 4. The van der Waals surface area contributed by atoms with Crippen molar-refractivity contribution in [2.75, 3.05) is 17.2 Å². The average Bonchev–Trinajstić information content (AvgIpc) is 2.95. The summed E-state index contributed by atoms with van der Waals surface area (Å²) < 4.78 is 5.01. The third-order valence-corrected chi connectivity index (χ3v) is 3.15. The van der Waals surface area contributed by atoms with Crippen LogP contribution in [0, 0.1) is 6.92 Å². The number of rotatable bonds is 1. The lowest BCUT2D eigenvalue weighted by Crippen LogP contribution is -2.28. The largest absolute Gasteiger partial charge is 0.398 e. The summed E-state index contributed by atoms with van der Waals surface area (Å²) in [5, 5.41) is 3.74. The second-order valence-electron chi connectivity index (χ2n) is 4.38. The van der Waals surface area contributed by atoms with Crippen molar-refractivity contribution in [3.8, 4) is 0 Å². The molecule has 1 amide bonds. The molecule has 0 bridgehead atoms. The monoisotopic (exact) mass is 243 g/mol. The van der Waals surface area contributed by atoms with Gasteiger partial charge < -0.3 is 15.2 Å². The normalized spacial score (nSPS) is 13.7. The van der Waals surface area contributed by atoms with Crippen molar-refractivity contribution >= 4 is 17.3 Å². The van der Waals surface area contributed by atoms with E-state index < -0.39 is 0 Å². The zero-order valence-corrected chi connectivity index (χ0v) is 10.0. The minimum atomic E-state index is -0.167. The Bertz CT molecular complexity index is 618. The van der Waals surface area contributed by atoms with Gasteiger partial charge >= 0.3 is 0 Å². The lowest BCUT2D eigenvalue weighted by Gasteiger charge is -2.15. The highest BCUT2D eigenvalue weighted by molar-refractivity contribution is 6.06. The summed E-state index contributed by atoms with van der Waals surface area (Å²) in [5.41, 5.74) is 9.23. The second-order valence-corrected chi connectivity index (χ2v) is 4.38. The van der Waals surface area contributed by atoms with Gasteiger partial charge in [0.15, 0.2) is 0 Å². The Hall–Kier alpha value is -2.30. The molecule has 0 saturated heterocycles. The van der Waals surface area contributed by atoms with Gasteiger partial charge in [0.2, 0.25) is 5.76 Å². The first-order valence-corrected chi connectivity index (χ1v) is 5.79. The van der Waals surface area contributed by atoms with E-state index in [2.05, 4.69) is 5.16 Å². The van der Waals surface area contributed by atoms with E-state index in [0.29, 0.717) is 12.2 Å². The number of nitrogens with two attached hydrogens (primary N) is 1. The van der Waals surface area contributed by atoms with E-state index in [1.54, 1.807) is 17.9 Å². The van der Waals surface area contributed by atoms with Crippen LogP contribution in [0.25, 0.3) is 0 Å². The van der Waals surface area contributed by atoms with Gasteiger partial charge in [0, 0.05) is 29.5 Å². The van der Waals surface area contributed by atoms with Crippen LogP contribution in [0.4, 0.5) is 11.4 Å². The highest BCUT2D eigenvalue weighted by Crippen LogP contribution is 2.33. The minimum absolute atomic E-state index is 0.167. The van der Waals surface area contributed by atoms with Crippen LogP contribution >= 0.6 is 0 Å². The van der Waals surface area contributed by atoms with Crippen LogP contribution in [0.2, 0.25) is 0 Å². The molecule has 2 heterocycles. The molecule has 0 fully saturated rings. The molecule has 0 aliphatic carbocycles. The molecule has 3 rings (SSSR count). The van der Waals surface area contributed by atoms with Gasteiger partial charge in [-0.25, -0.2) is 0 Å². The van der Waals surface area contributed by atoms with E-state index in [1.807, 2.05) is 18.2 Å². The Morgan fingerprint density at radius 2 is 2.33 bits per heavy atom. The van der Waals surface area contributed by atoms with Crippen molar-refractivity contribution in [2.24, 2.45) is 0 Å². The fourth-order valence-corrected chi connectivity index (χ4v) is 2.27. The summed E-state index contributed by atoms with van der Waals surface area (Å²) in [6, 6.07) is 7.25. The molecule has 1 aromatic heterocycles. The molecule has 2 aromatic rings. The summed E-state index contributed by atoms with van der Waals surface area (Å²) in [5.74, 6) is 0.0997. The van der Waals surface area contributed by atoms with Gasteiger partial charge in [0.05, 0.1) is 5.69 Å². The molecule has 0 saturated carbocycles. The summed E-state index contributed by atoms with van der Waals surface area (Å²) in [6.45, 7) is 2.42. The fraction of sp³-hybridized carbons (Fsp3) is 0.231. The van der Waals surface area contributed by atoms with Gasteiger partial charge in [-0.3, -0.25) is 4.79 Å². The van der Waals surface area contributed by atoms with Crippen molar-refractivity contribution in [2.45, 2.75) is 13.3 Å². The Kier molecular flexibility index (Phi) is 2.33. The lowest BCUT2D eigenvalue weighted by atomic mass is 10.1. The third kappa shape index (κ3) is 1.55. The number of nitrogens with zero attached hydrogens (tertiary/aromatic N) is 2. The standard InChI is InChI=1S/C13H13N3O2/c1-8-7-12(18-15-8)13(17)16-6-5-9-10(14)3-2-4-11(9)16/h2-4,7H,5-6,14H2,1H3. The number of amides is 1. The highest BCUT2D eigenvalue weighted by atomic mass is 16.5. The van der Waals surface area contributed by atoms with Gasteiger partial charge in [-0.1, -0.05) is 11.2 Å². The number of carbonyl (C=O) groups excluding carboxylic acids is 1. The van der Waals surface area contributed by atoms with Crippen LogP contribution in [0.3, 0.4) is 0 Å². The number of aryl methyl sites for hydroxylation is 1. The zero-order valence-electron chi connectivity index (χ0n) is 10.0. The van der Waals surface area contributed by atoms with E-state index >= 15 is 0 Å². The van der Waals surface area contributed by atoms with E-state index in [1.165, 1.54) is 0 Å². The van der Waals surface area contributed by atoms with Gasteiger partial charge in [0.25, 0.3) is 5.91 Å². The molecule has 1 aliphatic heterocycles. The Morgan fingerprint density at radius 1 is 1.50 bits per heavy atom. The maximum atomic E-state index is 12.3. The van der Waals surface area contributed by atoms with E-state index in [-0.39, 0.29) is 11.7 Å². The van der Waals surface area contributed by atoms with Crippen LogP contribution in [-0.4, -0.2) is 17.6 Å². The topological polar surface area (TPSA) is 72.4 Å². The highest BCUT2D eigenvalue weighted by Gasteiger charge is 2.28. The van der Waals surface area contributed by atoms with Crippen LogP contribution in [-0.2, 0) is 6.42 Å². The van der Waals surface area contributed by atoms with Crippen molar-refractivity contribution in [3.63, 3.8) is 0 Å². The maximum absolute atomic E-state index is 12.3. The number of anilines is 2. The quantitative estimate of drug-likeness (QED) is 0.775. The predicted molar refractivity (Wildman–Crippen MR) is 67.5 cm³/mol. The molecule has 92 valence electrons. The van der Waals surface area contributed by atoms with Crippen molar-refractivity contribution < 1.29 is 9.32 Å². The molecule has 2 N–H and O–H groups in total. The second kappa shape index (κ2) is 3.87. The van der Waals surface area contributed by atoms with E-state index in [4.69, 9.17) is 10.3 Å². The molecular formula is C13H13N3O2. The van der Waals surface area contributed by atoms with Crippen LogP contribution in [0.5, 0.6) is 0 Å². The molecule has 5 nitrogen and oxygen atoms in total. The average molecular weight is 243 g/mol. The molecule has 1 aliphatic rings. The summed E-state index contributed by atoms with van der Waals surface area (Å²) in [6.07, 6.45) is 0.779. The molecule has 1 aromatic carbocycles. The van der Waals surface area contributed by atoms with E-state index in [9.17, 15) is 4.79 Å². The van der Waals surface area contributed by atoms with Crippen LogP contribution < -0.4 is 10.6 Å². The van der Waals surface area contributed by atoms with Gasteiger partial charge in [-0.2, -0.15) is 0 Å². The predicted octanol–water partition coefficient (Wildman–Crippen LogP) is 1.77. The minimum Gasteiger partial charge on any atom is -0.398 e. The number of benzene rings is 1. The van der Waals surface area contributed by atoms with Crippen molar-refractivity contribution in [3.05, 3.63) is 41.3 Å². The molecule has 0 spiro atoms. The van der Waals surface area contributed by atoms with Crippen molar-refractivity contribution in [1.29, 1.82) is 0 Å². The SMILES string of the molecule is Cc1cc(C(=O)N2CCc3c(N)cccc32)on1. The van der Waals surface area contributed by atoms with E-state index in [0.717, 1.165) is 23.4 Å².